The first kappa shape index (κ1) is 19.5. The fraction of sp³-hybridized carbons (Fsp3) is 0.625. The lowest BCUT2D eigenvalue weighted by Gasteiger charge is -2.31. The standard InChI is InChI=1S/C16H22Cl2N2O3S/c1-7-9(3)24-16(13(7)14(19)21)20-15(22)8(2)23-12-5-4-10(17)6-11(12)18/h8,10-12H,4-6H2,1-3H3,(H2,19,21)(H,20,22). The van der Waals surface area contributed by atoms with Gasteiger partial charge in [-0.2, -0.15) is 0 Å². The minimum absolute atomic E-state index is 0.0617. The Morgan fingerprint density at radius 2 is 2.00 bits per heavy atom. The lowest BCUT2D eigenvalue weighted by atomic mass is 9.96. The van der Waals surface area contributed by atoms with E-state index in [1.165, 1.54) is 11.3 Å². The molecule has 8 heteroatoms. The lowest BCUT2D eigenvalue weighted by molar-refractivity contribution is -0.130. The fourth-order valence-corrected chi connectivity index (χ4v) is 4.62. The van der Waals surface area contributed by atoms with E-state index in [0.717, 1.165) is 23.3 Å². The van der Waals surface area contributed by atoms with Crippen LogP contribution in [-0.4, -0.2) is 34.8 Å². The number of anilines is 1. The third kappa shape index (κ3) is 4.42. The number of carbonyl (C=O) groups excluding carboxylic acids is 2. The molecule has 1 aromatic heterocycles. The Balaban J connectivity index is 2.02. The van der Waals surface area contributed by atoms with Crippen LogP contribution in [0.4, 0.5) is 5.00 Å². The Morgan fingerprint density at radius 3 is 2.58 bits per heavy atom. The summed E-state index contributed by atoms with van der Waals surface area (Å²) in [6.07, 6.45) is 1.32. The average molecular weight is 393 g/mol. The Bertz CT molecular complexity index is 635. The predicted molar refractivity (Wildman–Crippen MR) is 98.4 cm³/mol. The number of rotatable bonds is 5. The van der Waals surface area contributed by atoms with Crippen molar-refractivity contribution in [3.05, 3.63) is 16.0 Å². The summed E-state index contributed by atoms with van der Waals surface area (Å²) in [6.45, 7) is 5.36. The Morgan fingerprint density at radius 1 is 1.33 bits per heavy atom. The van der Waals surface area contributed by atoms with E-state index in [-0.39, 0.29) is 22.8 Å². The van der Waals surface area contributed by atoms with Gasteiger partial charge in [0.25, 0.3) is 11.8 Å². The monoisotopic (exact) mass is 392 g/mol. The molecule has 134 valence electrons. The van der Waals surface area contributed by atoms with Crippen molar-refractivity contribution in [1.82, 2.24) is 0 Å². The van der Waals surface area contributed by atoms with E-state index in [1.807, 2.05) is 13.8 Å². The number of thiophene rings is 1. The zero-order valence-electron chi connectivity index (χ0n) is 13.9. The van der Waals surface area contributed by atoms with Crippen molar-refractivity contribution in [3.63, 3.8) is 0 Å². The van der Waals surface area contributed by atoms with Gasteiger partial charge < -0.3 is 15.8 Å². The Labute approximate surface area is 155 Å². The number of carbonyl (C=O) groups is 2. The number of halogens is 2. The van der Waals surface area contributed by atoms with E-state index in [1.54, 1.807) is 6.92 Å². The van der Waals surface area contributed by atoms with Gasteiger partial charge in [0, 0.05) is 10.3 Å². The molecule has 4 unspecified atom stereocenters. The summed E-state index contributed by atoms with van der Waals surface area (Å²) >= 11 is 13.7. The summed E-state index contributed by atoms with van der Waals surface area (Å²) < 4.78 is 5.81. The third-order valence-corrected chi connectivity index (χ3v) is 6.24. The summed E-state index contributed by atoms with van der Waals surface area (Å²) in [4.78, 5) is 25.0. The molecule has 1 aromatic rings. The molecule has 1 heterocycles. The van der Waals surface area contributed by atoms with Gasteiger partial charge in [0.15, 0.2) is 0 Å². The van der Waals surface area contributed by atoms with Crippen LogP contribution in [0.5, 0.6) is 0 Å². The molecule has 0 saturated heterocycles. The van der Waals surface area contributed by atoms with Crippen LogP contribution in [0.25, 0.3) is 0 Å². The van der Waals surface area contributed by atoms with Crippen molar-refractivity contribution < 1.29 is 14.3 Å². The second kappa shape index (κ2) is 8.04. The van der Waals surface area contributed by atoms with Gasteiger partial charge in [0.05, 0.1) is 17.0 Å². The first-order chi connectivity index (χ1) is 11.2. The van der Waals surface area contributed by atoms with Crippen LogP contribution in [0.2, 0.25) is 0 Å². The number of amides is 2. The lowest BCUT2D eigenvalue weighted by Crippen LogP contribution is -2.39. The summed E-state index contributed by atoms with van der Waals surface area (Å²) in [7, 11) is 0. The van der Waals surface area contributed by atoms with E-state index in [2.05, 4.69) is 5.32 Å². The molecule has 3 N–H and O–H groups in total. The molecule has 0 bridgehead atoms. The maximum Gasteiger partial charge on any atom is 0.253 e. The first-order valence-corrected chi connectivity index (χ1v) is 9.53. The van der Waals surface area contributed by atoms with Crippen molar-refractivity contribution in [3.8, 4) is 0 Å². The molecule has 1 aliphatic rings. The highest BCUT2D eigenvalue weighted by molar-refractivity contribution is 7.16. The SMILES string of the molecule is Cc1sc(NC(=O)C(C)OC2CCC(Cl)CC2Cl)c(C(N)=O)c1C. The van der Waals surface area contributed by atoms with Crippen LogP contribution >= 0.6 is 34.5 Å². The molecule has 24 heavy (non-hydrogen) atoms. The summed E-state index contributed by atoms with van der Waals surface area (Å²) in [5.41, 5.74) is 6.56. The van der Waals surface area contributed by atoms with E-state index in [0.29, 0.717) is 17.0 Å². The molecule has 0 aromatic carbocycles. The molecular weight excluding hydrogens is 371 g/mol. The van der Waals surface area contributed by atoms with Gasteiger partial charge >= 0.3 is 0 Å². The van der Waals surface area contributed by atoms with E-state index in [9.17, 15) is 9.59 Å². The average Bonchev–Trinajstić information content (AvgIpc) is 2.76. The third-order valence-electron chi connectivity index (χ3n) is 4.27. The van der Waals surface area contributed by atoms with Crippen molar-refractivity contribution in [2.45, 2.75) is 63.0 Å². The van der Waals surface area contributed by atoms with Crippen LogP contribution in [0, 0.1) is 13.8 Å². The second-order valence-corrected chi connectivity index (χ2v) is 8.49. The molecule has 2 rings (SSSR count). The van der Waals surface area contributed by atoms with Crippen LogP contribution in [-0.2, 0) is 9.53 Å². The summed E-state index contributed by atoms with van der Waals surface area (Å²) in [6, 6.07) is 0. The largest absolute Gasteiger partial charge is 0.365 e. The number of aryl methyl sites for hydroxylation is 1. The van der Waals surface area contributed by atoms with Crippen LogP contribution in [0.3, 0.4) is 0 Å². The number of hydrogen-bond donors (Lipinski definition) is 2. The van der Waals surface area contributed by atoms with Crippen LogP contribution in [0.1, 0.15) is 47.0 Å². The topological polar surface area (TPSA) is 81.4 Å². The highest BCUT2D eigenvalue weighted by atomic mass is 35.5. The number of nitrogens with one attached hydrogen (secondary N) is 1. The molecule has 5 nitrogen and oxygen atoms in total. The van der Waals surface area contributed by atoms with Crippen molar-refractivity contribution in [2.24, 2.45) is 5.73 Å². The van der Waals surface area contributed by atoms with E-state index >= 15 is 0 Å². The Kier molecular flexibility index (Phi) is 6.53. The highest BCUT2D eigenvalue weighted by Gasteiger charge is 2.32. The van der Waals surface area contributed by atoms with Gasteiger partial charge in [-0.3, -0.25) is 9.59 Å². The van der Waals surface area contributed by atoms with E-state index in [4.69, 9.17) is 33.7 Å². The normalized spacial score (nSPS) is 25.3. The van der Waals surface area contributed by atoms with Gasteiger partial charge in [0.1, 0.15) is 11.1 Å². The van der Waals surface area contributed by atoms with Crippen LogP contribution in [0.15, 0.2) is 0 Å². The molecule has 1 saturated carbocycles. The molecule has 1 aliphatic carbocycles. The van der Waals surface area contributed by atoms with Gasteiger partial charge in [-0.05, 0) is 45.6 Å². The number of hydrogen-bond acceptors (Lipinski definition) is 4. The molecule has 1 fully saturated rings. The zero-order valence-corrected chi connectivity index (χ0v) is 16.2. The van der Waals surface area contributed by atoms with Gasteiger partial charge in [-0.15, -0.1) is 34.5 Å². The van der Waals surface area contributed by atoms with Crippen molar-refractivity contribution in [2.75, 3.05) is 5.32 Å². The highest BCUT2D eigenvalue weighted by Crippen LogP contribution is 2.33. The first-order valence-electron chi connectivity index (χ1n) is 7.85. The number of primary amides is 1. The van der Waals surface area contributed by atoms with Gasteiger partial charge in [-0.25, -0.2) is 0 Å². The number of ether oxygens (including phenoxy) is 1. The van der Waals surface area contributed by atoms with Crippen LogP contribution < -0.4 is 11.1 Å². The minimum Gasteiger partial charge on any atom is -0.365 e. The molecule has 0 aliphatic heterocycles. The zero-order chi connectivity index (χ0) is 18.0. The summed E-state index contributed by atoms with van der Waals surface area (Å²) in [5, 5.41) is 3.07. The second-order valence-electron chi connectivity index (χ2n) is 6.08. The van der Waals surface area contributed by atoms with E-state index < -0.39 is 12.0 Å². The predicted octanol–water partition coefficient (Wildman–Crippen LogP) is 3.57. The molecule has 4 atom stereocenters. The maximum absolute atomic E-state index is 12.4. The molecule has 0 radical (unpaired) electrons. The smallest absolute Gasteiger partial charge is 0.253 e. The van der Waals surface area contributed by atoms with Gasteiger partial charge in [-0.1, -0.05) is 0 Å². The minimum atomic E-state index is -0.688. The Hall–Kier alpha value is -0.820. The molecular formula is C16H22Cl2N2O3S. The maximum atomic E-state index is 12.4. The quantitative estimate of drug-likeness (QED) is 0.751. The molecule has 0 spiro atoms. The summed E-state index contributed by atoms with van der Waals surface area (Å²) in [5.74, 6) is -0.877. The van der Waals surface area contributed by atoms with Crippen molar-refractivity contribution >= 4 is 51.4 Å². The number of nitrogens with two attached hydrogens (primary N) is 1. The van der Waals surface area contributed by atoms with Gasteiger partial charge in [0.2, 0.25) is 0 Å². The van der Waals surface area contributed by atoms with Crippen molar-refractivity contribution in [1.29, 1.82) is 0 Å². The molecule has 2 amide bonds. The number of alkyl halides is 2. The fourth-order valence-electron chi connectivity index (χ4n) is 2.74.